The molecule has 0 N–H and O–H groups in total. The number of aromatic nitrogens is 1. The van der Waals surface area contributed by atoms with E-state index < -0.39 is 17.5 Å². The Morgan fingerprint density at radius 1 is 1.08 bits per heavy atom. The van der Waals surface area contributed by atoms with Crippen LogP contribution in [0.5, 0.6) is 5.75 Å². The Labute approximate surface area is 212 Å². The lowest BCUT2D eigenvalue weighted by Crippen LogP contribution is -2.35. The standard InChI is InChI=1S/C27H29F3N2O3S/c1-16-19(13-20-21(28)8-6-9-22(20)29)27-32(17(15-36-27)14-31(2)11-12-34-3)26(33)24(16)18-7-5-10-23(35-4)25(18)30/h5-10,17H,11-15H2,1-4H3. The second-order valence-electron chi connectivity index (χ2n) is 8.88. The number of hydrogen-bond acceptors (Lipinski definition) is 5. The number of fused-ring (bicyclic) bond motifs is 1. The highest BCUT2D eigenvalue weighted by Crippen LogP contribution is 2.41. The van der Waals surface area contributed by atoms with Crippen molar-refractivity contribution >= 4 is 11.8 Å². The van der Waals surface area contributed by atoms with Crippen molar-refractivity contribution in [3.63, 3.8) is 0 Å². The third kappa shape index (κ3) is 4.92. The molecule has 3 aromatic rings. The first-order valence-corrected chi connectivity index (χ1v) is 12.6. The first kappa shape index (κ1) is 26.3. The number of ether oxygens (including phenoxy) is 2. The summed E-state index contributed by atoms with van der Waals surface area (Å²) in [5, 5.41) is 0.664. The zero-order valence-corrected chi connectivity index (χ0v) is 21.6. The van der Waals surface area contributed by atoms with Gasteiger partial charge in [0.05, 0.1) is 30.3 Å². The summed E-state index contributed by atoms with van der Waals surface area (Å²) in [6.07, 6.45) is -0.0578. The molecule has 0 radical (unpaired) electrons. The highest BCUT2D eigenvalue weighted by atomic mass is 32.2. The SMILES string of the molecule is COCCN(C)CC1CSc2c(Cc3c(F)cccc3F)c(C)c(-c3cccc(OC)c3F)c(=O)n21. The molecule has 0 bridgehead atoms. The van der Waals surface area contributed by atoms with Crippen LogP contribution in [0.2, 0.25) is 0 Å². The average Bonchev–Trinajstić information content (AvgIpc) is 3.26. The van der Waals surface area contributed by atoms with Crippen LogP contribution in [0.1, 0.15) is 22.7 Å². The van der Waals surface area contributed by atoms with Crippen LogP contribution < -0.4 is 10.3 Å². The van der Waals surface area contributed by atoms with Gasteiger partial charge in [-0.1, -0.05) is 18.2 Å². The van der Waals surface area contributed by atoms with Gasteiger partial charge in [0.25, 0.3) is 5.56 Å². The Balaban J connectivity index is 1.92. The monoisotopic (exact) mass is 518 g/mol. The molecule has 0 fully saturated rings. The number of thioether (sulfide) groups is 1. The topological polar surface area (TPSA) is 43.7 Å². The predicted molar refractivity (Wildman–Crippen MR) is 136 cm³/mol. The highest BCUT2D eigenvalue weighted by molar-refractivity contribution is 7.99. The van der Waals surface area contributed by atoms with Gasteiger partial charge >= 0.3 is 0 Å². The summed E-state index contributed by atoms with van der Waals surface area (Å²) in [5.74, 6) is -1.34. The highest BCUT2D eigenvalue weighted by Gasteiger charge is 2.32. The minimum atomic E-state index is -0.660. The van der Waals surface area contributed by atoms with Crippen LogP contribution in [0.15, 0.2) is 46.2 Å². The maximum absolute atomic E-state index is 15.4. The molecule has 0 amide bonds. The van der Waals surface area contributed by atoms with Crippen LogP contribution in [0.3, 0.4) is 0 Å². The van der Waals surface area contributed by atoms with Gasteiger partial charge in [0.1, 0.15) is 11.6 Å². The number of halogens is 3. The molecule has 1 atom stereocenters. The van der Waals surface area contributed by atoms with E-state index in [0.29, 0.717) is 41.6 Å². The lowest BCUT2D eigenvalue weighted by molar-refractivity contribution is 0.154. The minimum Gasteiger partial charge on any atom is -0.494 e. The Morgan fingerprint density at radius 3 is 2.44 bits per heavy atom. The zero-order valence-electron chi connectivity index (χ0n) is 20.7. The Morgan fingerprint density at radius 2 is 1.78 bits per heavy atom. The van der Waals surface area contributed by atoms with E-state index in [0.717, 1.165) is 0 Å². The molecule has 4 rings (SSSR count). The van der Waals surface area contributed by atoms with E-state index in [1.54, 1.807) is 24.7 Å². The smallest absolute Gasteiger partial charge is 0.260 e. The number of benzene rings is 2. The van der Waals surface area contributed by atoms with Crippen LogP contribution in [0.4, 0.5) is 13.2 Å². The fourth-order valence-corrected chi connectivity index (χ4v) is 6.04. The number of hydrogen-bond donors (Lipinski definition) is 0. The van der Waals surface area contributed by atoms with Crippen molar-refractivity contribution in [2.45, 2.75) is 24.4 Å². The van der Waals surface area contributed by atoms with Crippen LogP contribution in [0, 0.1) is 24.4 Å². The normalized spacial score (nSPS) is 14.9. The Bertz CT molecular complexity index is 1310. The van der Waals surface area contributed by atoms with Crippen molar-refractivity contribution in [1.82, 2.24) is 9.47 Å². The van der Waals surface area contributed by atoms with Gasteiger partial charge in [-0.3, -0.25) is 9.36 Å². The van der Waals surface area contributed by atoms with Gasteiger partial charge in [-0.15, -0.1) is 11.8 Å². The fraction of sp³-hybridized carbons (Fsp3) is 0.370. The summed E-state index contributed by atoms with van der Waals surface area (Å²) in [4.78, 5) is 16.0. The molecular formula is C27H29F3N2O3S. The van der Waals surface area contributed by atoms with E-state index in [-0.39, 0.29) is 40.5 Å². The average molecular weight is 519 g/mol. The van der Waals surface area contributed by atoms with Gasteiger partial charge < -0.3 is 14.4 Å². The third-order valence-electron chi connectivity index (χ3n) is 6.58. The molecule has 0 saturated carbocycles. The number of methoxy groups -OCH3 is 2. The Kier molecular flexibility index (Phi) is 8.12. The summed E-state index contributed by atoms with van der Waals surface area (Å²) >= 11 is 1.49. The molecule has 1 aliphatic heterocycles. The van der Waals surface area contributed by atoms with Crippen molar-refractivity contribution in [3.8, 4) is 16.9 Å². The van der Waals surface area contributed by atoms with Crippen LogP contribution in [-0.2, 0) is 11.2 Å². The molecule has 192 valence electrons. The van der Waals surface area contributed by atoms with Gasteiger partial charge in [0.15, 0.2) is 11.6 Å². The molecule has 0 saturated heterocycles. The van der Waals surface area contributed by atoms with Gasteiger partial charge in [0.2, 0.25) is 0 Å². The minimum absolute atomic E-state index is 0.0173. The summed E-state index contributed by atoms with van der Waals surface area (Å²) in [7, 11) is 4.93. The lowest BCUT2D eigenvalue weighted by atomic mass is 9.94. The molecule has 0 spiro atoms. The van der Waals surface area contributed by atoms with Gasteiger partial charge in [0, 0.05) is 43.5 Å². The fourth-order valence-electron chi connectivity index (χ4n) is 4.67. The maximum Gasteiger partial charge on any atom is 0.260 e. The maximum atomic E-state index is 15.4. The summed E-state index contributed by atoms with van der Waals surface area (Å²) in [6.45, 7) is 3.51. The number of rotatable bonds is 9. The third-order valence-corrected chi connectivity index (χ3v) is 7.85. The number of likely N-dealkylation sites (N-methyl/N-ethyl adjacent to an activating group) is 1. The first-order valence-electron chi connectivity index (χ1n) is 11.6. The van der Waals surface area contributed by atoms with E-state index in [1.807, 2.05) is 7.05 Å². The lowest BCUT2D eigenvalue weighted by Gasteiger charge is -2.24. The van der Waals surface area contributed by atoms with E-state index >= 15 is 4.39 Å². The van der Waals surface area contributed by atoms with Crippen molar-refractivity contribution in [2.24, 2.45) is 0 Å². The first-order chi connectivity index (χ1) is 17.3. The second-order valence-corrected chi connectivity index (χ2v) is 9.89. The molecule has 2 aromatic carbocycles. The van der Waals surface area contributed by atoms with E-state index in [2.05, 4.69) is 4.90 Å². The summed E-state index contributed by atoms with van der Waals surface area (Å²) in [5.41, 5.74) is 0.979. The molecule has 1 aromatic heterocycles. The second kappa shape index (κ2) is 11.1. The number of pyridine rings is 1. The molecule has 5 nitrogen and oxygen atoms in total. The molecule has 36 heavy (non-hydrogen) atoms. The molecule has 2 heterocycles. The summed E-state index contributed by atoms with van der Waals surface area (Å²) in [6, 6.07) is 8.19. The molecule has 9 heteroatoms. The Hall–Kier alpha value is -2.75. The van der Waals surface area contributed by atoms with Crippen LogP contribution in [-0.4, -0.2) is 56.2 Å². The zero-order chi connectivity index (χ0) is 26.0. The summed E-state index contributed by atoms with van der Waals surface area (Å²) < 4.78 is 56.6. The van der Waals surface area contributed by atoms with Crippen LogP contribution in [0.25, 0.3) is 11.1 Å². The van der Waals surface area contributed by atoms with Crippen molar-refractivity contribution in [2.75, 3.05) is 46.7 Å². The molecular weight excluding hydrogens is 489 g/mol. The van der Waals surface area contributed by atoms with E-state index in [4.69, 9.17) is 9.47 Å². The van der Waals surface area contributed by atoms with Crippen molar-refractivity contribution < 1.29 is 22.6 Å². The van der Waals surface area contributed by atoms with Gasteiger partial charge in [-0.05, 0) is 43.3 Å². The number of nitrogens with zero attached hydrogens (tertiary/aromatic N) is 2. The van der Waals surface area contributed by atoms with E-state index in [9.17, 15) is 13.6 Å². The van der Waals surface area contributed by atoms with E-state index in [1.165, 1.54) is 49.2 Å². The van der Waals surface area contributed by atoms with Crippen molar-refractivity contribution in [3.05, 3.63) is 80.9 Å². The molecule has 1 unspecified atom stereocenters. The molecule has 0 aliphatic carbocycles. The van der Waals surface area contributed by atoms with Crippen LogP contribution >= 0.6 is 11.8 Å². The van der Waals surface area contributed by atoms with Gasteiger partial charge in [-0.25, -0.2) is 13.2 Å². The molecule has 1 aliphatic rings. The largest absolute Gasteiger partial charge is 0.494 e. The quantitative estimate of drug-likeness (QED) is 0.396. The van der Waals surface area contributed by atoms with Gasteiger partial charge in [-0.2, -0.15) is 0 Å². The predicted octanol–water partition coefficient (Wildman–Crippen LogP) is 5.07. The van der Waals surface area contributed by atoms with Crippen molar-refractivity contribution in [1.29, 1.82) is 0 Å².